The van der Waals surface area contributed by atoms with Gasteiger partial charge in [-0.3, -0.25) is 9.80 Å². The molecule has 0 amide bonds. The smallest absolute Gasteiger partial charge is 0.0131 e. The van der Waals surface area contributed by atoms with Crippen molar-refractivity contribution in [3.8, 4) is 0 Å². The van der Waals surface area contributed by atoms with Gasteiger partial charge in [0.25, 0.3) is 0 Å². The Morgan fingerprint density at radius 1 is 0.654 bits per heavy atom. The molecule has 4 atom stereocenters. The van der Waals surface area contributed by atoms with E-state index in [1.807, 2.05) is 0 Å². The Bertz CT molecular complexity index is 461. The number of piperidine rings is 2. The zero-order chi connectivity index (χ0) is 18.6. The molecular formula is C23H43N3. The Hall–Kier alpha value is -0.120. The van der Waals surface area contributed by atoms with Crippen molar-refractivity contribution < 1.29 is 0 Å². The predicted molar refractivity (Wildman–Crippen MR) is 110 cm³/mol. The molecule has 0 N–H and O–H groups in total. The van der Waals surface area contributed by atoms with E-state index in [1.54, 1.807) is 0 Å². The fourth-order valence-electron chi connectivity index (χ4n) is 5.84. The molecular weight excluding hydrogens is 318 g/mol. The van der Waals surface area contributed by atoms with Gasteiger partial charge in [-0.05, 0) is 97.9 Å². The molecule has 26 heavy (non-hydrogen) atoms. The van der Waals surface area contributed by atoms with Gasteiger partial charge >= 0.3 is 0 Å². The van der Waals surface area contributed by atoms with Gasteiger partial charge in [0.05, 0.1) is 0 Å². The minimum Gasteiger partial charge on any atom is -0.300 e. The predicted octanol–water partition coefficient (Wildman–Crippen LogP) is 4.08. The fourth-order valence-corrected chi connectivity index (χ4v) is 5.84. The molecule has 4 heterocycles. The molecule has 0 aromatic heterocycles. The van der Waals surface area contributed by atoms with Gasteiger partial charge in [0.2, 0.25) is 0 Å². The summed E-state index contributed by atoms with van der Waals surface area (Å²) in [6.07, 6.45) is 7.50. The van der Waals surface area contributed by atoms with E-state index in [4.69, 9.17) is 0 Å². The molecule has 2 bridgehead atoms. The van der Waals surface area contributed by atoms with Gasteiger partial charge in [0.15, 0.2) is 0 Å². The van der Waals surface area contributed by atoms with Gasteiger partial charge in [-0.25, -0.2) is 0 Å². The average Bonchev–Trinajstić information content (AvgIpc) is 3.32. The van der Waals surface area contributed by atoms with E-state index in [0.29, 0.717) is 0 Å². The van der Waals surface area contributed by atoms with Crippen LogP contribution in [-0.4, -0.2) is 70.6 Å². The van der Waals surface area contributed by atoms with Crippen molar-refractivity contribution in [1.82, 2.24) is 14.7 Å². The summed E-state index contributed by atoms with van der Waals surface area (Å²) in [5, 5.41) is 0. The normalized spacial score (nSPS) is 42.3. The van der Waals surface area contributed by atoms with E-state index in [-0.39, 0.29) is 0 Å². The van der Waals surface area contributed by atoms with Crippen molar-refractivity contribution in [1.29, 1.82) is 0 Å². The second kappa shape index (κ2) is 7.37. The number of nitrogens with zero attached hydrogens (tertiary/aromatic N) is 3. The van der Waals surface area contributed by atoms with Gasteiger partial charge in [-0.15, -0.1) is 0 Å². The van der Waals surface area contributed by atoms with Gasteiger partial charge in [0, 0.05) is 49.3 Å². The van der Waals surface area contributed by atoms with Crippen LogP contribution in [0, 0.1) is 17.8 Å². The maximum Gasteiger partial charge on any atom is 0.0131 e. The van der Waals surface area contributed by atoms with Crippen LogP contribution in [0.3, 0.4) is 0 Å². The molecule has 7 aliphatic rings. The van der Waals surface area contributed by atoms with E-state index < -0.39 is 0 Å². The lowest BCUT2D eigenvalue weighted by atomic mass is 9.71. The van der Waals surface area contributed by atoms with Crippen molar-refractivity contribution in [2.45, 2.75) is 110 Å². The summed E-state index contributed by atoms with van der Waals surface area (Å²) >= 11 is 0. The van der Waals surface area contributed by atoms with Gasteiger partial charge in [-0.2, -0.15) is 0 Å². The number of hydrogen-bond donors (Lipinski definition) is 0. The largest absolute Gasteiger partial charge is 0.300 e. The zero-order valence-electron chi connectivity index (χ0n) is 18.2. The lowest BCUT2D eigenvalue weighted by molar-refractivity contribution is -0.128. The summed E-state index contributed by atoms with van der Waals surface area (Å²) in [6.45, 7) is 17.9. The van der Waals surface area contributed by atoms with Crippen molar-refractivity contribution in [3.63, 3.8) is 0 Å². The molecule has 150 valence electrons. The highest BCUT2D eigenvalue weighted by molar-refractivity contribution is 5.07. The first-order valence-electron chi connectivity index (χ1n) is 11.6. The van der Waals surface area contributed by atoms with Gasteiger partial charge in [0.1, 0.15) is 0 Å². The van der Waals surface area contributed by atoms with E-state index in [1.165, 1.54) is 51.7 Å². The van der Waals surface area contributed by atoms with Crippen molar-refractivity contribution in [2.24, 2.45) is 17.8 Å². The Labute approximate surface area is 162 Å². The molecule has 0 spiro atoms. The van der Waals surface area contributed by atoms with Crippen LogP contribution in [0.5, 0.6) is 0 Å². The first-order chi connectivity index (χ1) is 12.3. The molecule has 4 aliphatic heterocycles. The lowest BCUT2D eigenvalue weighted by Gasteiger charge is -2.63. The molecule has 4 unspecified atom stereocenters. The van der Waals surface area contributed by atoms with E-state index in [9.17, 15) is 0 Å². The summed E-state index contributed by atoms with van der Waals surface area (Å²) in [7, 11) is 0. The van der Waals surface area contributed by atoms with Gasteiger partial charge < -0.3 is 4.90 Å². The summed E-state index contributed by atoms with van der Waals surface area (Å²) in [4.78, 5) is 7.85. The average molecular weight is 362 g/mol. The van der Waals surface area contributed by atoms with Crippen LogP contribution in [0.25, 0.3) is 0 Å². The van der Waals surface area contributed by atoms with Crippen LogP contribution in [0.2, 0.25) is 0 Å². The molecule has 3 saturated carbocycles. The third kappa shape index (κ3) is 3.86. The van der Waals surface area contributed by atoms with Crippen LogP contribution in [0.15, 0.2) is 0 Å². The molecule has 4 saturated heterocycles. The quantitative estimate of drug-likeness (QED) is 0.750. The van der Waals surface area contributed by atoms with Crippen LogP contribution < -0.4 is 0 Å². The minimum atomic E-state index is 0.790. The molecule has 3 heteroatoms. The third-order valence-electron chi connectivity index (χ3n) is 8.00. The standard InChI is InChI=1S/2C8H15N.C7H13N/c1-6(2)9-4-7-3-8(7)5-9;1-6(2)9-4-3-7-5-8(7)9;1-5(2)8-6-3-7(8)4-6/h2*6-8H,3-5H2,1-2H3;5-7H,3-4H2,1-2H3. The molecule has 3 aliphatic carbocycles. The Balaban J connectivity index is 0.0000000972. The summed E-state index contributed by atoms with van der Waals surface area (Å²) in [5.41, 5.74) is 0. The first-order valence-corrected chi connectivity index (χ1v) is 11.6. The van der Waals surface area contributed by atoms with Crippen LogP contribution in [0.4, 0.5) is 0 Å². The Morgan fingerprint density at radius 3 is 1.46 bits per heavy atom. The maximum absolute atomic E-state index is 2.64. The second-order valence-electron chi connectivity index (χ2n) is 10.8. The minimum absolute atomic E-state index is 0.790. The Kier molecular flexibility index (Phi) is 5.44. The van der Waals surface area contributed by atoms with Crippen molar-refractivity contribution >= 4 is 0 Å². The fraction of sp³-hybridized carbons (Fsp3) is 1.00. The summed E-state index contributed by atoms with van der Waals surface area (Å²) in [5.74, 6) is 3.31. The number of fused-ring (bicyclic) bond motifs is 2. The van der Waals surface area contributed by atoms with E-state index in [0.717, 1.165) is 54.0 Å². The first kappa shape index (κ1) is 19.2. The summed E-state index contributed by atoms with van der Waals surface area (Å²) in [6, 6.07) is 5.40. The zero-order valence-corrected chi connectivity index (χ0v) is 18.2. The highest BCUT2D eigenvalue weighted by Gasteiger charge is 2.51. The van der Waals surface area contributed by atoms with E-state index >= 15 is 0 Å². The number of hydrogen-bond acceptors (Lipinski definition) is 3. The van der Waals surface area contributed by atoms with Crippen LogP contribution in [0.1, 0.15) is 73.6 Å². The third-order valence-corrected chi connectivity index (χ3v) is 8.00. The monoisotopic (exact) mass is 361 g/mol. The molecule has 7 fully saturated rings. The Morgan fingerprint density at radius 2 is 1.27 bits per heavy atom. The maximum atomic E-state index is 2.64. The number of rotatable bonds is 3. The molecule has 0 aromatic rings. The van der Waals surface area contributed by atoms with E-state index in [2.05, 4.69) is 56.2 Å². The molecule has 0 radical (unpaired) electrons. The SMILES string of the molecule is CC(C)N1C2CC1C2.CC(C)N1CC2CC2C1.CC(C)N1CCC2CC21. The molecule has 3 nitrogen and oxygen atoms in total. The lowest BCUT2D eigenvalue weighted by Crippen LogP contribution is -2.70. The molecule has 0 aromatic carbocycles. The van der Waals surface area contributed by atoms with Gasteiger partial charge in [-0.1, -0.05) is 0 Å². The highest BCUT2D eigenvalue weighted by atomic mass is 15.3. The van der Waals surface area contributed by atoms with Crippen LogP contribution >= 0.6 is 0 Å². The topological polar surface area (TPSA) is 9.72 Å². The van der Waals surface area contributed by atoms with Crippen molar-refractivity contribution in [3.05, 3.63) is 0 Å². The van der Waals surface area contributed by atoms with Crippen molar-refractivity contribution in [2.75, 3.05) is 19.6 Å². The highest BCUT2D eigenvalue weighted by Crippen LogP contribution is 2.46. The summed E-state index contributed by atoms with van der Waals surface area (Å²) < 4.78 is 0. The second-order valence-corrected chi connectivity index (χ2v) is 10.8. The number of likely N-dealkylation sites (tertiary alicyclic amines) is 2. The molecule has 7 rings (SSSR count). The van der Waals surface area contributed by atoms with Crippen LogP contribution in [-0.2, 0) is 0 Å².